The molecule has 1 atom stereocenters. The highest BCUT2D eigenvalue weighted by Gasteiger charge is 2.13. The summed E-state index contributed by atoms with van der Waals surface area (Å²) in [6.07, 6.45) is -0.0119. The van der Waals surface area contributed by atoms with Gasteiger partial charge in [-0.2, -0.15) is 0 Å². The van der Waals surface area contributed by atoms with Crippen molar-refractivity contribution in [3.05, 3.63) is 84.4 Å². The van der Waals surface area contributed by atoms with Crippen LogP contribution in [0.5, 0.6) is 11.5 Å². The van der Waals surface area contributed by atoms with E-state index in [-0.39, 0.29) is 12.3 Å². The molecule has 0 saturated carbocycles. The summed E-state index contributed by atoms with van der Waals surface area (Å²) in [4.78, 5) is 11.0. The minimum Gasteiger partial charge on any atom is -0.481 e. The third kappa shape index (κ3) is 4.99. The first-order valence-corrected chi connectivity index (χ1v) is 8.73. The maximum absolute atomic E-state index is 11.0. The zero-order chi connectivity index (χ0) is 19.1. The highest BCUT2D eigenvalue weighted by molar-refractivity contribution is 5.69. The molecule has 0 spiro atoms. The Morgan fingerprint density at radius 2 is 1.44 bits per heavy atom. The molecule has 0 aliphatic rings. The molecule has 0 amide bonds. The molecule has 0 radical (unpaired) electrons. The van der Waals surface area contributed by atoms with Crippen molar-refractivity contribution < 1.29 is 14.6 Å². The minimum absolute atomic E-state index is 0.0119. The Hall–Kier alpha value is -3.51. The van der Waals surface area contributed by atoms with E-state index in [9.17, 15) is 4.79 Å². The molecule has 0 bridgehead atoms. The Labute approximate surface area is 159 Å². The lowest BCUT2D eigenvalue weighted by molar-refractivity contribution is -0.137. The maximum Gasteiger partial charge on any atom is 0.304 e. The van der Waals surface area contributed by atoms with E-state index in [4.69, 9.17) is 9.84 Å². The molecule has 27 heavy (non-hydrogen) atoms. The summed E-state index contributed by atoms with van der Waals surface area (Å²) in [6, 6.07) is 25.5. The van der Waals surface area contributed by atoms with Crippen molar-refractivity contribution in [2.45, 2.75) is 19.3 Å². The minimum atomic E-state index is -0.860. The number of carbonyl (C=O) groups is 1. The smallest absolute Gasteiger partial charge is 0.304 e. The highest BCUT2D eigenvalue weighted by Crippen LogP contribution is 2.27. The molecule has 3 aromatic rings. The van der Waals surface area contributed by atoms with Crippen molar-refractivity contribution in [2.24, 2.45) is 0 Å². The molecule has 3 heteroatoms. The first kappa shape index (κ1) is 18.3. The van der Waals surface area contributed by atoms with Gasteiger partial charge in [0.15, 0.2) is 0 Å². The molecule has 3 rings (SSSR count). The van der Waals surface area contributed by atoms with Gasteiger partial charge in [-0.05, 0) is 47.9 Å². The fourth-order valence-electron chi connectivity index (χ4n) is 2.85. The number of hydrogen-bond donors (Lipinski definition) is 1. The van der Waals surface area contributed by atoms with E-state index in [1.807, 2.05) is 66.7 Å². The molecule has 1 N–H and O–H groups in total. The summed E-state index contributed by atoms with van der Waals surface area (Å²) in [6.45, 7) is 1.71. The largest absolute Gasteiger partial charge is 0.481 e. The van der Waals surface area contributed by atoms with Crippen LogP contribution in [0.1, 0.15) is 24.8 Å². The predicted molar refractivity (Wildman–Crippen MR) is 107 cm³/mol. The predicted octanol–water partition coefficient (Wildman–Crippen LogP) is 5.73. The topological polar surface area (TPSA) is 46.5 Å². The molecule has 1 unspecified atom stereocenters. The maximum atomic E-state index is 11.0. The molecule has 3 nitrogen and oxygen atoms in total. The van der Waals surface area contributed by atoms with Crippen molar-refractivity contribution in [3.63, 3.8) is 0 Å². The monoisotopic (exact) mass is 356 g/mol. The second-order valence-corrected chi connectivity index (χ2v) is 6.11. The lowest BCUT2D eigenvalue weighted by Crippen LogP contribution is -2.04. The van der Waals surface area contributed by atoms with Gasteiger partial charge in [-0.25, -0.2) is 0 Å². The van der Waals surface area contributed by atoms with E-state index in [1.165, 1.54) is 0 Å². The Morgan fingerprint density at radius 3 is 2.00 bits per heavy atom. The van der Waals surface area contributed by atoms with E-state index in [1.54, 1.807) is 6.92 Å². The van der Waals surface area contributed by atoms with Gasteiger partial charge >= 0.3 is 5.97 Å². The van der Waals surface area contributed by atoms with Crippen LogP contribution in [0, 0.1) is 11.8 Å². The van der Waals surface area contributed by atoms with Crippen LogP contribution in [0.3, 0.4) is 0 Å². The van der Waals surface area contributed by atoms with Gasteiger partial charge in [0.1, 0.15) is 11.5 Å². The van der Waals surface area contributed by atoms with Gasteiger partial charge in [0.05, 0.1) is 12.3 Å². The highest BCUT2D eigenvalue weighted by atomic mass is 16.5. The number of carboxylic acids is 1. The zero-order valence-corrected chi connectivity index (χ0v) is 15.1. The average Bonchev–Trinajstić information content (AvgIpc) is 2.69. The molecular formula is C24H20O3. The summed E-state index contributed by atoms with van der Waals surface area (Å²) in [5.74, 6) is 6.02. The summed E-state index contributed by atoms with van der Waals surface area (Å²) in [7, 11) is 0. The van der Waals surface area contributed by atoms with Gasteiger partial charge in [0.25, 0.3) is 0 Å². The number of ether oxygens (including phenoxy) is 1. The Kier molecular flexibility index (Phi) is 5.91. The Balaban J connectivity index is 1.70. The van der Waals surface area contributed by atoms with Crippen molar-refractivity contribution in [1.29, 1.82) is 0 Å². The summed E-state index contributed by atoms with van der Waals surface area (Å²) in [5.41, 5.74) is 3.17. The Bertz CT molecular complexity index is 947. The standard InChI is InChI=1S/C24H20O3/c1-2-6-21(17-24(25)26)20-11-15-23(16-12-20)27-22-13-9-19(10-14-22)18-7-4-3-5-8-18/h3-5,7-16,21H,17H2,1H3,(H,25,26). The first-order valence-electron chi connectivity index (χ1n) is 8.73. The molecule has 0 aliphatic carbocycles. The normalized spacial score (nSPS) is 11.1. The molecule has 0 heterocycles. The van der Waals surface area contributed by atoms with Crippen molar-refractivity contribution in [3.8, 4) is 34.5 Å². The van der Waals surface area contributed by atoms with E-state index in [0.717, 1.165) is 22.4 Å². The van der Waals surface area contributed by atoms with E-state index >= 15 is 0 Å². The van der Waals surface area contributed by atoms with Crippen LogP contribution in [0.2, 0.25) is 0 Å². The van der Waals surface area contributed by atoms with Crippen LogP contribution in [0.15, 0.2) is 78.9 Å². The molecule has 134 valence electrons. The number of hydrogen-bond acceptors (Lipinski definition) is 2. The summed E-state index contributed by atoms with van der Waals surface area (Å²) >= 11 is 0. The molecule has 3 aromatic carbocycles. The van der Waals surface area contributed by atoms with E-state index < -0.39 is 5.97 Å². The second-order valence-electron chi connectivity index (χ2n) is 6.11. The molecule has 0 saturated heterocycles. The molecule has 0 aliphatic heterocycles. The Morgan fingerprint density at radius 1 is 0.889 bits per heavy atom. The van der Waals surface area contributed by atoms with Gasteiger partial charge in [0.2, 0.25) is 0 Å². The molecule has 0 fully saturated rings. The lowest BCUT2D eigenvalue weighted by Gasteiger charge is -2.11. The zero-order valence-electron chi connectivity index (χ0n) is 15.1. The van der Waals surface area contributed by atoms with Gasteiger partial charge < -0.3 is 9.84 Å². The van der Waals surface area contributed by atoms with Crippen LogP contribution in [-0.2, 0) is 4.79 Å². The van der Waals surface area contributed by atoms with Gasteiger partial charge in [-0.15, -0.1) is 5.92 Å². The van der Waals surface area contributed by atoms with Crippen LogP contribution in [-0.4, -0.2) is 11.1 Å². The fraction of sp³-hybridized carbons (Fsp3) is 0.125. The number of aliphatic carboxylic acids is 1. The third-order valence-corrected chi connectivity index (χ3v) is 4.18. The number of carboxylic acid groups (broad SMARTS) is 1. The SMILES string of the molecule is CC#CC(CC(=O)O)c1ccc(Oc2ccc(-c3ccccc3)cc2)cc1. The first-order chi connectivity index (χ1) is 13.2. The average molecular weight is 356 g/mol. The van der Waals surface area contributed by atoms with Crippen LogP contribution in [0.25, 0.3) is 11.1 Å². The van der Waals surface area contributed by atoms with Gasteiger partial charge in [-0.1, -0.05) is 60.5 Å². The van der Waals surface area contributed by atoms with Crippen molar-refractivity contribution in [2.75, 3.05) is 0 Å². The van der Waals surface area contributed by atoms with Gasteiger partial charge in [-0.3, -0.25) is 4.79 Å². The number of rotatable bonds is 6. The van der Waals surface area contributed by atoms with Crippen LogP contribution < -0.4 is 4.74 Å². The molecular weight excluding hydrogens is 336 g/mol. The quantitative estimate of drug-likeness (QED) is 0.574. The van der Waals surface area contributed by atoms with Crippen LogP contribution in [0.4, 0.5) is 0 Å². The van der Waals surface area contributed by atoms with Crippen molar-refractivity contribution in [1.82, 2.24) is 0 Å². The summed E-state index contributed by atoms with van der Waals surface area (Å²) in [5, 5.41) is 9.03. The lowest BCUT2D eigenvalue weighted by atomic mass is 9.96. The fourth-order valence-corrected chi connectivity index (χ4v) is 2.85. The third-order valence-electron chi connectivity index (χ3n) is 4.18. The summed E-state index contributed by atoms with van der Waals surface area (Å²) < 4.78 is 5.89. The molecule has 0 aromatic heterocycles. The van der Waals surface area contributed by atoms with E-state index in [0.29, 0.717) is 5.75 Å². The van der Waals surface area contributed by atoms with Crippen molar-refractivity contribution >= 4 is 5.97 Å². The second kappa shape index (κ2) is 8.73. The van der Waals surface area contributed by atoms with E-state index in [2.05, 4.69) is 24.0 Å². The van der Waals surface area contributed by atoms with Crippen LogP contribution >= 0.6 is 0 Å². The van der Waals surface area contributed by atoms with Gasteiger partial charge in [0, 0.05) is 0 Å². The number of benzene rings is 3.